The number of hydrogen-bond acceptors (Lipinski definition) is 4. The van der Waals surface area contributed by atoms with Crippen molar-refractivity contribution in [3.05, 3.63) is 35.9 Å². The maximum Gasteiger partial charge on any atom is 0.223 e. The average molecular weight is 360 g/mol. The third-order valence-electron chi connectivity index (χ3n) is 5.83. The third kappa shape index (κ3) is 5.29. The first-order chi connectivity index (χ1) is 12.6. The van der Waals surface area contributed by atoms with Gasteiger partial charge in [-0.15, -0.1) is 0 Å². The highest BCUT2D eigenvalue weighted by Gasteiger charge is 2.30. The topological polar surface area (TPSA) is 58.8 Å². The van der Waals surface area contributed by atoms with E-state index >= 15 is 0 Å². The average Bonchev–Trinajstić information content (AvgIpc) is 3.06. The summed E-state index contributed by atoms with van der Waals surface area (Å²) in [6.45, 7) is 7.22. The minimum Gasteiger partial charge on any atom is -0.379 e. The maximum atomic E-state index is 13.2. The van der Waals surface area contributed by atoms with Gasteiger partial charge in [0.1, 0.15) is 0 Å². The van der Waals surface area contributed by atoms with Gasteiger partial charge in [0, 0.05) is 44.7 Å². The molecule has 1 amide bonds. The Balaban J connectivity index is 1.66. The Hall–Kier alpha value is -1.43. The van der Waals surface area contributed by atoms with E-state index in [1.807, 2.05) is 18.2 Å². The first-order valence-electron chi connectivity index (χ1n) is 10.0. The number of hydrogen-bond donors (Lipinski definition) is 1. The fraction of sp³-hybridized carbons (Fsp3) is 0.667. The standard InChI is InChI=1S/C21H33N3O2/c1-17(15-23-10-12-26-13-11-23)24(16-18-6-3-2-4-7-18)21(25)14-19-8-5-9-20(19)22/h2-4,6-7,17,19-20H,5,8-16,22H2,1H3/t17?,19-,20+/m0/s1. The molecule has 0 radical (unpaired) electrons. The van der Waals surface area contributed by atoms with Crippen LogP contribution in [-0.4, -0.2) is 60.6 Å². The SMILES string of the molecule is CC(CN1CCOCC1)N(Cc1ccccc1)C(=O)C[C@@H]1CCC[C@H]1N. The molecular weight excluding hydrogens is 326 g/mol. The second-order valence-electron chi connectivity index (χ2n) is 7.83. The van der Waals surface area contributed by atoms with Crippen LogP contribution in [0.4, 0.5) is 0 Å². The summed E-state index contributed by atoms with van der Waals surface area (Å²) in [5, 5.41) is 0. The van der Waals surface area contributed by atoms with Crippen LogP contribution in [0.15, 0.2) is 30.3 Å². The lowest BCUT2D eigenvalue weighted by molar-refractivity contribution is -0.135. The smallest absolute Gasteiger partial charge is 0.223 e. The van der Waals surface area contributed by atoms with Crippen molar-refractivity contribution in [2.24, 2.45) is 11.7 Å². The molecule has 0 bridgehead atoms. The third-order valence-corrected chi connectivity index (χ3v) is 5.83. The summed E-state index contributed by atoms with van der Waals surface area (Å²) >= 11 is 0. The fourth-order valence-electron chi connectivity index (χ4n) is 4.19. The molecule has 144 valence electrons. The summed E-state index contributed by atoms with van der Waals surface area (Å²) in [5.74, 6) is 0.591. The molecule has 5 heteroatoms. The normalized spacial score (nSPS) is 25.2. The van der Waals surface area contributed by atoms with Crippen LogP contribution in [-0.2, 0) is 16.1 Å². The quantitative estimate of drug-likeness (QED) is 0.811. The molecule has 26 heavy (non-hydrogen) atoms. The summed E-state index contributed by atoms with van der Waals surface area (Å²) in [5.41, 5.74) is 7.40. The van der Waals surface area contributed by atoms with Crippen molar-refractivity contribution in [3.8, 4) is 0 Å². The van der Waals surface area contributed by atoms with Gasteiger partial charge < -0.3 is 15.4 Å². The van der Waals surface area contributed by atoms with Crippen molar-refractivity contribution in [3.63, 3.8) is 0 Å². The predicted molar refractivity (Wildman–Crippen MR) is 104 cm³/mol. The predicted octanol–water partition coefficient (Wildman–Crippen LogP) is 2.25. The van der Waals surface area contributed by atoms with Gasteiger partial charge in [0.2, 0.25) is 5.91 Å². The molecular formula is C21H33N3O2. The van der Waals surface area contributed by atoms with Gasteiger partial charge in [0.15, 0.2) is 0 Å². The molecule has 3 atom stereocenters. The van der Waals surface area contributed by atoms with Crippen molar-refractivity contribution in [2.75, 3.05) is 32.8 Å². The first kappa shape index (κ1) is 19.3. The number of rotatable bonds is 7. The van der Waals surface area contributed by atoms with Crippen LogP contribution in [0.2, 0.25) is 0 Å². The highest BCUT2D eigenvalue weighted by atomic mass is 16.5. The molecule has 1 heterocycles. The largest absolute Gasteiger partial charge is 0.379 e. The van der Waals surface area contributed by atoms with Crippen LogP contribution >= 0.6 is 0 Å². The Morgan fingerprint density at radius 3 is 2.65 bits per heavy atom. The number of carbonyl (C=O) groups excluding carboxylic acids is 1. The van der Waals surface area contributed by atoms with Crippen LogP contribution < -0.4 is 5.73 Å². The first-order valence-corrected chi connectivity index (χ1v) is 10.0. The lowest BCUT2D eigenvalue weighted by atomic mass is 9.98. The Morgan fingerprint density at radius 2 is 2.00 bits per heavy atom. The highest BCUT2D eigenvalue weighted by Crippen LogP contribution is 2.28. The number of nitrogens with two attached hydrogens (primary N) is 1. The van der Waals surface area contributed by atoms with Crippen molar-refractivity contribution in [1.29, 1.82) is 0 Å². The number of morpholine rings is 1. The molecule has 1 saturated carbocycles. The van der Waals surface area contributed by atoms with E-state index in [9.17, 15) is 4.79 Å². The van der Waals surface area contributed by atoms with E-state index in [0.717, 1.165) is 52.1 Å². The van der Waals surface area contributed by atoms with Crippen LogP contribution in [0, 0.1) is 5.92 Å². The second-order valence-corrected chi connectivity index (χ2v) is 7.83. The number of carbonyl (C=O) groups is 1. The van der Waals surface area contributed by atoms with E-state index in [1.165, 1.54) is 5.56 Å². The lowest BCUT2D eigenvalue weighted by Gasteiger charge is -2.36. The second kappa shape index (κ2) is 9.49. The van der Waals surface area contributed by atoms with Crippen LogP contribution in [0.1, 0.15) is 38.2 Å². The van der Waals surface area contributed by atoms with Gasteiger partial charge in [-0.05, 0) is 31.2 Å². The van der Waals surface area contributed by atoms with Crippen LogP contribution in [0.5, 0.6) is 0 Å². The van der Waals surface area contributed by atoms with Crippen molar-refractivity contribution in [2.45, 2.75) is 51.2 Å². The van der Waals surface area contributed by atoms with Gasteiger partial charge in [-0.2, -0.15) is 0 Å². The fourth-order valence-corrected chi connectivity index (χ4v) is 4.19. The zero-order chi connectivity index (χ0) is 18.4. The molecule has 2 aliphatic rings. The number of amides is 1. The van der Waals surface area contributed by atoms with Gasteiger partial charge in [-0.3, -0.25) is 9.69 Å². The molecule has 3 rings (SSSR count). The molecule has 0 spiro atoms. The van der Waals surface area contributed by atoms with E-state index in [2.05, 4.69) is 28.9 Å². The van der Waals surface area contributed by atoms with Crippen molar-refractivity contribution >= 4 is 5.91 Å². The Kier molecular flexibility index (Phi) is 7.06. The molecule has 0 aromatic heterocycles. The zero-order valence-electron chi connectivity index (χ0n) is 16.0. The van der Waals surface area contributed by atoms with Crippen molar-refractivity contribution in [1.82, 2.24) is 9.80 Å². The molecule has 1 unspecified atom stereocenters. The molecule has 1 aliphatic heterocycles. The molecule has 5 nitrogen and oxygen atoms in total. The Bertz CT molecular complexity index is 560. The van der Waals surface area contributed by atoms with Gasteiger partial charge in [0.05, 0.1) is 13.2 Å². The number of nitrogens with zero attached hydrogens (tertiary/aromatic N) is 2. The number of benzene rings is 1. The van der Waals surface area contributed by atoms with Gasteiger partial charge in [-0.1, -0.05) is 36.8 Å². The zero-order valence-corrected chi connectivity index (χ0v) is 16.0. The summed E-state index contributed by atoms with van der Waals surface area (Å²) in [7, 11) is 0. The molecule has 2 fully saturated rings. The van der Waals surface area contributed by atoms with E-state index in [4.69, 9.17) is 10.5 Å². The van der Waals surface area contributed by atoms with E-state index in [1.54, 1.807) is 0 Å². The molecule has 1 saturated heterocycles. The maximum absolute atomic E-state index is 13.2. The van der Waals surface area contributed by atoms with Gasteiger partial charge in [-0.25, -0.2) is 0 Å². The molecule has 1 aliphatic carbocycles. The Labute approximate surface area is 157 Å². The van der Waals surface area contributed by atoms with E-state index < -0.39 is 0 Å². The van der Waals surface area contributed by atoms with E-state index in [-0.39, 0.29) is 18.0 Å². The van der Waals surface area contributed by atoms with Gasteiger partial charge in [0.25, 0.3) is 0 Å². The number of ether oxygens (including phenoxy) is 1. The van der Waals surface area contributed by atoms with Crippen molar-refractivity contribution < 1.29 is 9.53 Å². The summed E-state index contributed by atoms with van der Waals surface area (Å²) in [4.78, 5) is 17.6. The highest BCUT2D eigenvalue weighted by molar-refractivity contribution is 5.77. The summed E-state index contributed by atoms with van der Waals surface area (Å²) < 4.78 is 5.45. The molecule has 1 aromatic carbocycles. The monoisotopic (exact) mass is 359 g/mol. The summed E-state index contributed by atoms with van der Waals surface area (Å²) in [6, 6.07) is 10.7. The minimum atomic E-state index is 0.179. The Morgan fingerprint density at radius 1 is 1.27 bits per heavy atom. The molecule has 1 aromatic rings. The lowest BCUT2D eigenvalue weighted by Crippen LogP contribution is -2.48. The van der Waals surface area contributed by atoms with Gasteiger partial charge >= 0.3 is 0 Å². The van der Waals surface area contributed by atoms with Crippen LogP contribution in [0.3, 0.4) is 0 Å². The van der Waals surface area contributed by atoms with E-state index in [0.29, 0.717) is 18.9 Å². The molecule has 2 N–H and O–H groups in total. The van der Waals surface area contributed by atoms with Crippen LogP contribution in [0.25, 0.3) is 0 Å². The summed E-state index contributed by atoms with van der Waals surface area (Å²) in [6.07, 6.45) is 3.88. The minimum absolute atomic E-state index is 0.179.